The molecule has 23 heavy (non-hydrogen) atoms. The predicted octanol–water partition coefficient (Wildman–Crippen LogP) is 1.70. The zero-order valence-electron chi connectivity index (χ0n) is 13.5. The molecule has 1 aliphatic rings. The van der Waals surface area contributed by atoms with E-state index in [9.17, 15) is 9.18 Å². The molecule has 1 amide bonds. The molecule has 5 nitrogen and oxygen atoms in total. The van der Waals surface area contributed by atoms with Crippen molar-refractivity contribution in [3.63, 3.8) is 0 Å². The van der Waals surface area contributed by atoms with Crippen LogP contribution in [0.15, 0.2) is 24.3 Å². The van der Waals surface area contributed by atoms with Crippen molar-refractivity contribution < 1.29 is 9.18 Å². The molecule has 0 saturated carbocycles. The molecule has 1 N–H and O–H groups in total. The summed E-state index contributed by atoms with van der Waals surface area (Å²) in [5, 5.41) is 7.49. The number of carbonyl (C=O) groups excluding carboxylic acids is 1. The van der Waals surface area contributed by atoms with Gasteiger partial charge in [-0.3, -0.25) is 9.89 Å². The summed E-state index contributed by atoms with van der Waals surface area (Å²) >= 11 is 0. The van der Waals surface area contributed by atoms with Crippen molar-refractivity contribution in [1.29, 1.82) is 0 Å². The Bertz CT molecular complexity index is 693. The van der Waals surface area contributed by atoms with Gasteiger partial charge in [0, 0.05) is 36.3 Å². The minimum atomic E-state index is -0.254. The number of aromatic amines is 1. The number of hydrogen-bond acceptors (Lipinski definition) is 3. The van der Waals surface area contributed by atoms with Gasteiger partial charge >= 0.3 is 0 Å². The quantitative estimate of drug-likeness (QED) is 0.938. The van der Waals surface area contributed by atoms with Gasteiger partial charge in [0.1, 0.15) is 5.82 Å². The second-order valence-electron chi connectivity index (χ2n) is 6.15. The van der Waals surface area contributed by atoms with Crippen LogP contribution in [-0.2, 0) is 17.6 Å². The molecule has 0 unspecified atom stereocenters. The van der Waals surface area contributed by atoms with E-state index in [1.807, 2.05) is 23.9 Å². The molecule has 1 aliphatic heterocycles. The van der Waals surface area contributed by atoms with Crippen molar-refractivity contribution in [2.75, 3.05) is 33.7 Å². The lowest BCUT2D eigenvalue weighted by Gasteiger charge is -2.22. The summed E-state index contributed by atoms with van der Waals surface area (Å²) in [6, 6.07) is 6.37. The van der Waals surface area contributed by atoms with Gasteiger partial charge in [0.25, 0.3) is 0 Å². The van der Waals surface area contributed by atoms with Gasteiger partial charge in [-0.1, -0.05) is 0 Å². The molecule has 0 radical (unpaired) electrons. The average molecular weight is 316 g/mol. The van der Waals surface area contributed by atoms with Crippen molar-refractivity contribution in [3.8, 4) is 11.3 Å². The molecular weight excluding hydrogens is 295 g/mol. The second-order valence-corrected chi connectivity index (χ2v) is 6.15. The molecule has 0 aliphatic carbocycles. The first-order valence-corrected chi connectivity index (χ1v) is 7.79. The number of likely N-dealkylation sites (N-methyl/N-ethyl adjacent to an activating group) is 1. The normalized spacial score (nSPS) is 14.7. The Labute approximate surface area is 135 Å². The number of halogens is 1. The molecule has 0 fully saturated rings. The Morgan fingerprint density at radius 2 is 1.96 bits per heavy atom. The fraction of sp³-hybridized carbons (Fsp3) is 0.412. The second kappa shape index (κ2) is 6.50. The zero-order chi connectivity index (χ0) is 16.4. The summed E-state index contributed by atoms with van der Waals surface area (Å²) in [5.74, 6) is -0.104. The van der Waals surface area contributed by atoms with Gasteiger partial charge in [0.15, 0.2) is 0 Å². The van der Waals surface area contributed by atoms with Crippen LogP contribution in [-0.4, -0.2) is 59.6 Å². The third-order valence-electron chi connectivity index (χ3n) is 4.14. The predicted molar refractivity (Wildman–Crippen MR) is 86.5 cm³/mol. The van der Waals surface area contributed by atoms with Gasteiger partial charge < -0.3 is 9.80 Å². The summed E-state index contributed by atoms with van der Waals surface area (Å²) in [6.45, 7) is 1.81. The van der Waals surface area contributed by atoms with Crippen molar-refractivity contribution in [2.45, 2.75) is 12.8 Å². The Balaban J connectivity index is 1.79. The summed E-state index contributed by atoms with van der Waals surface area (Å²) < 4.78 is 13.1. The van der Waals surface area contributed by atoms with Crippen LogP contribution < -0.4 is 0 Å². The number of nitrogens with one attached hydrogen (secondary N) is 1. The van der Waals surface area contributed by atoms with Gasteiger partial charge in [-0.05, 0) is 44.8 Å². The standard InChI is InChI=1S/C17H21FN4O/c1-21(2)11-16(23)22-9-7-14-15(8-10-22)19-20-17(14)12-3-5-13(18)6-4-12/h3-6H,7-11H2,1-2H3,(H,19,20). The van der Waals surface area contributed by atoms with Crippen LogP contribution in [0.3, 0.4) is 0 Å². The lowest BCUT2D eigenvalue weighted by molar-refractivity contribution is -0.131. The number of rotatable bonds is 3. The topological polar surface area (TPSA) is 52.2 Å². The summed E-state index contributed by atoms with van der Waals surface area (Å²) in [4.78, 5) is 16.0. The Morgan fingerprint density at radius 1 is 1.26 bits per heavy atom. The average Bonchev–Trinajstić information content (AvgIpc) is 2.79. The molecule has 6 heteroatoms. The van der Waals surface area contributed by atoms with Gasteiger partial charge in [-0.15, -0.1) is 0 Å². The van der Waals surface area contributed by atoms with E-state index in [4.69, 9.17) is 0 Å². The highest BCUT2D eigenvalue weighted by Gasteiger charge is 2.23. The maximum Gasteiger partial charge on any atom is 0.236 e. The largest absolute Gasteiger partial charge is 0.341 e. The van der Waals surface area contributed by atoms with Crippen molar-refractivity contribution >= 4 is 5.91 Å². The smallest absolute Gasteiger partial charge is 0.236 e. The lowest BCUT2D eigenvalue weighted by atomic mass is 10.0. The van der Waals surface area contributed by atoms with Crippen LogP contribution >= 0.6 is 0 Å². The maximum atomic E-state index is 13.1. The van der Waals surface area contributed by atoms with E-state index in [1.54, 1.807) is 12.1 Å². The van der Waals surface area contributed by atoms with E-state index in [-0.39, 0.29) is 11.7 Å². The molecular formula is C17H21FN4O. The molecule has 0 saturated heterocycles. The summed E-state index contributed by atoms with van der Waals surface area (Å²) in [5.41, 5.74) is 3.97. The Hall–Kier alpha value is -2.21. The highest BCUT2D eigenvalue weighted by Crippen LogP contribution is 2.26. The van der Waals surface area contributed by atoms with Crippen LogP contribution in [0, 0.1) is 5.82 Å². The maximum absolute atomic E-state index is 13.1. The summed E-state index contributed by atoms with van der Waals surface area (Å²) in [7, 11) is 3.80. The number of hydrogen-bond donors (Lipinski definition) is 1. The first-order chi connectivity index (χ1) is 11.0. The third-order valence-corrected chi connectivity index (χ3v) is 4.14. The number of carbonyl (C=O) groups is 1. The van der Waals surface area contributed by atoms with E-state index in [2.05, 4.69) is 10.2 Å². The highest BCUT2D eigenvalue weighted by atomic mass is 19.1. The molecule has 0 bridgehead atoms. The first kappa shape index (κ1) is 15.7. The van der Waals surface area contributed by atoms with E-state index >= 15 is 0 Å². The Kier molecular flexibility index (Phi) is 4.43. The Morgan fingerprint density at radius 3 is 2.65 bits per heavy atom. The van der Waals surface area contributed by atoms with Crippen molar-refractivity contribution in [2.24, 2.45) is 0 Å². The minimum Gasteiger partial charge on any atom is -0.341 e. The van der Waals surface area contributed by atoms with Crippen LogP contribution in [0.4, 0.5) is 4.39 Å². The van der Waals surface area contributed by atoms with Crippen LogP contribution in [0.1, 0.15) is 11.3 Å². The molecule has 0 atom stereocenters. The lowest BCUT2D eigenvalue weighted by Crippen LogP contribution is -2.39. The summed E-state index contributed by atoms with van der Waals surface area (Å²) in [6.07, 6.45) is 1.53. The van der Waals surface area contributed by atoms with E-state index in [0.717, 1.165) is 35.4 Å². The van der Waals surface area contributed by atoms with Crippen LogP contribution in [0.5, 0.6) is 0 Å². The van der Waals surface area contributed by atoms with E-state index in [1.165, 1.54) is 12.1 Å². The fourth-order valence-electron chi connectivity index (χ4n) is 2.95. The van der Waals surface area contributed by atoms with E-state index in [0.29, 0.717) is 19.6 Å². The molecule has 0 spiro atoms. The number of amides is 1. The number of aromatic nitrogens is 2. The molecule has 2 aromatic rings. The number of nitrogens with zero attached hydrogens (tertiary/aromatic N) is 3. The molecule has 3 rings (SSSR count). The van der Waals surface area contributed by atoms with Crippen molar-refractivity contribution in [1.82, 2.24) is 20.0 Å². The van der Waals surface area contributed by atoms with E-state index < -0.39 is 0 Å². The molecule has 2 heterocycles. The monoisotopic (exact) mass is 316 g/mol. The number of benzene rings is 1. The van der Waals surface area contributed by atoms with Crippen molar-refractivity contribution in [3.05, 3.63) is 41.3 Å². The van der Waals surface area contributed by atoms with Crippen LogP contribution in [0.25, 0.3) is 11.3 Å². The fourth-order valence-corrected chi connectivity index (χ4v) is 2.95. The van der Waals surface area contributed by atoms with Gasteiger partial charge in [0.2, 0.25) is 5.91 Å². The van der Waals surface area contributed by atoms with Gasteiger partial charge in [-0.25, -0.2) is 4.39 Å². The molecule has 1 aromatic carbocycles. The molecule has 122 valence electrons. The molecule has 1 aromatic heterocycles. The SMILES string of the molecule is CN(C)CC(=O)N1CCc2[nH]nc(-c3ccc(F)cc3)c2CC1. The highest BCUT2D eigenvalue weighted by molar-refractivity contribution is 5.78. The van der Waals surface area contributed by atoms with Crippen LogP contribution in [0.2, 0.25) is 0 Å². The number of H-pyrrole nitrogens is 1. The minimum absolute atomic E-state index is 0.149. The number of fused-ring (bicyclic) bond motifs is 1. The third kappa shape index (κ3) is 3.42. The van der Waals surface area contributed by atoms with Gasteiger partial charge in [0.05, 0.1) is 12.2 Å². The first-order valence-electron chi connectivity index (χ1n) is 7.79. The zero-order valence-corrected chi connectivity index (χ0v) is 13.5. The van der Waals surface area contributed by atoms with Gasteiger partial charge in [-0.2, -0.15) is 5.10 Å².